The summed E-state index contributed by atoms with van der Waals surface area (Å²) in [6.07, 6.45) is 1.17. The highest BCUT2D eigenvalue weighted by Crippen LogP contribution is 2.25. The molecular formula is C25H24FN3O3. The Labute approximate surface area is 185 Å². The number of carbonyl (C=O) groups excluding carboxylic acids is 1. The Morgan fingerprint density at radius 2 is 1.88 bits per heavy atom. The zero-order valence-corrected chi connectivity index (χ0v) is 17.7. The Morgan fingerprint density at radius 1 is 1.12 bits per heavy atom. The van der Waals surface area contributed by atoms with Gasteiger partial charge in [-0.3, -0.25) is 4.79 Å². The van der Waals surface area contributed by atoms with Crippen molar-refractivity contribution < 1.29 is 19.0 Å². The summed E-state index contributed by atoms with van der Waals surface area (Å²) < 4.78 is 20.6. The van der Waals surface area contributed by atoms with Crippen molar-refractivity contribution in [3.8, 4) is 11.4 Å². The topological polar surface area (TPSA) is 76.4 Å². The summed E-state index contributed by atoms with van der Waals surface area (Å²) in [5.41, 5.74) is 1.79. The van der Waals surface area contributed by atoms with Gasteiger partial charge in [-0.05, 0) is 42.1 Å². The van der Waals surface area contributed by atoms with Crippen LogP contribution in [-0.4, -0.2) is 40.0 Å². The number of hydrogen-bond donors (Lipinski definition) is 2. The highest BCUT2D eigenvalue weighted by atomic mass is 19.1. The van der Waals surface area contributed by atoms with E-state index in [1.54, 1.807) is 16.8 Å². The van der Waals surface area contributed by atoms with Crippen LogP contribution in [0.1, 0.15) is 23.0 Å². The lowest BCUT2D eigenvalue weighted by Gasteiger charge is -2.15. The number of ether oxygens (including phenoxy) is 1. The van der Waals surface area contributed by atoms with Gasteiger partial charge in [-0.1, -0.05) is 43.3 Å². The zero-order chi connectivity index (χ0) is 22.5. The van der Waals surface area contributed by atoms with Crippen LogP contribution in [0.4, 0.5) is 4.39 Å². The number of carbonyl (C=O) groups is 1. The standard InChI is InChI=1S/C25H24FN3O3/c1-2-23-22(15-28-29(23)19-12-10-18(26)11-13-19)25(31)27-14-20(30)16-32-24-9-5-7-17-6-3-4-8-21(17)24/h3-13,15,20,30H,2,14,16H2,1H3,(H,27,31)/t20-/m0/s1. The van der Waals surface area contributed by atoms with Crippen molar-refractivity contribution in [2.45, 2.75) is 19.4 Å². The van der Waals surface area contributed by atoms with Crippen LogP contribution in [0.3, 0.4) is 0 Å². The molecule has 3 aromatic carbocycles. The van der Waals surface area contributed by atoms with Gasteiger partial charge in [0.1, 0.15) is 24.3 Å². The minimum Gasteiger partial charge on any atom is -0.490 e. The van der Waals surface area contributed by atoms with Crippen LogP contribution in [0.2, 0.25) is 0 Å². The Hall–Kier alpha value is -3.71. The molecule has 0 bridgehead atoms. The smallest absolute Gasteiger partial charge is 0.254 e. The van der Waals surface area contributed by atoms with Gasteiger partial charge in [-0.15, -0.1) is 0 Å². The van der Waals surface area contributed by atoms with Crippen molar-refractivity contribution in [2.75, 3.05) is 13.2 Å². The summed E-state index contributed by atoms with van der Waals surface area (Å²) in [4.78, 5) is 12.7. The van der Waals surface area contributed by atoms with Crippen LogP contribution < -0.4 is 10.1 Å². The molecule has 32 heavy (non-hydrogen) atoms. The van der Waals surface area contributed by atoms with Gasteiger partial charge < -0.3 is 15.2 Å². The second-order valence-corrected chi connectivity index (χ2v) is 7.40. The first-order valence-electron chi connectivity index (χ1n) is 10.5. The maximum Gasteiger partial charge on any atom is 0.254 e. The molecule has 0 aliphatic heterocycles. The first kappa shape index (κ1) is 21.5. The molecule has 4 aromatic rings. The third-order valence-electron chi connectivity index (χ3n) is 5.20. The number of amides is 1. The molecule has 2 N–H and O–H groups in total. The zero-order valence-electron chi connectivity index (χ0n) is 17.7. The van der Waals surface area contributed by atoms with Gasteiger partial charge >= 0.3 is 0 Å². The SMILES string of the molecule is CCc1c(C(=O)NC[C@H](O)COc2cccc3ccccc23)cnn1-c1ccc(F)cc1. The first-order chi connectivity index (χ1) is 15.6. The van der Waals surface area contributed by atoms with Gasteiger partial charge in [0.15, 0.2) is 0 Å². The van der Waals surface area contributed by atoms with Crippen LogP contribution in [0.25, 0.3) is 16.5 Å². The van der Waals surface area contributed by atoms with Gasteiger partial charge in [0.2, 0.25) is 0 Å². The molecule has 1 atom stereocenters. The summed E-state index contributed by atoms with van der Waals surface area (Å²) in [6, 6.07) is 19.5. The number of nitrogens with one attached hydrogen (secondary N) is 1. The fourth-order valence-electron chi connectivity index (χ4n) is 3.58. The number of hydrogen-bond acceptors (Lipinski definition) is 4. The van der Waals surface area contributed by atoms with Crippen molar-refractivity contribution in [3.05, 3.63) is 90.0 Å². The average Bonchev–Trinajstić information content (AvgIpc) is 3.26. The van der Waals surface area contributed by atoms with Crippen LogP contribution in [0.5, 0.6) is 5.75 Å². The lowest BCUT2D eigenvalue weighted by atomic mass is 10.1. The van der Waals surface area contributed by atoms with Gasteiger partial charge in [-0.25, -0.2) is 9.07 Å². The number of aromatic nitrogens is 2. The van der Waals surface area contributed by atoms with E-state index in [4.69, 9.17) is 4.74 Å². The molecule has 0 saturated carbocycles. The largest absolute Gasteiger partial charge is 0.490 e. The van der Waals surface area contributed by atoms with Crippen molar-refractivity contribution in [2.24, 2.45) is 0 Å². The molecule has 164 valence electrons. The van der Waals surface area contributed by atoms with Crippen molar-refractivity contribution in [1.82, 2.24) is 15.1 Å². The minimum atomic E-state index is -0.880. The van der Waals surface area contributed by atoms with Gasteiger partial charge in [0, 0.05) is 11.9 Å². The number of aliphatic hydroxyl groups is 1. The van der Waals surface area contributed by atoms with Crippen LogP contribution in [0.15, 0.2) is 72.9 Å². The van der Waals surface area contributed by atoms with E-state index in [-0.39, 0.29) is 24.9 Å². The molecule has 1 aromatic heterocycles. The van der Waals surface area contributed by atoms with E-state index in [9.17, 15) is 14.3 Å². The molecule has 0 spiro atoms. The maximum absolute atomic E-state index is 13.2. The molecule has 0 fully saturated rings. The number of fused-ring (bicyclic) bond motifs is 1. The molecule has 0 aliphatic rings. The Morgan fingerprint density at radius 3 is 2.66 bits per heavy atom. The second kappa shape index (κ2) is 9.62. The summed E-state index contributed by atoms with van der Waals surface area (Å²) in [5, 5.41) is 19.4. The van der Waals surface area contributed by atoms with E-state index in [0.717, 1.165) is 10.8 Å². The average molecular weight is 433 g/mol. The number of benzene rings is 3. The molecule has 1 heterocycles. The predicted octanol–water partition coefficient (Wildman–Crippen LogP) is 3.90. The third-order valence-corrected chi connectivity index (χ3v) is 5.20. The monoisotopic (exact) mass is 433 g/mol. The predicted molar refractivity (Wildman–Crippen MR) is 121 cm³/mol. The molecule has 4 rings (SSSR count). The normalized spacial score (nSPS) is 12.0. The molecular weight excluding hydrogens is 409 g/mol. The highest BCUT2D eigenvalue weighted by molar-refractivity contribution is 5.95. The first-order valence-corrected chi connectivity index (χ1v) is 10.5. The summed E-state index contributed by atoms with van der Waals surface area (Å²) >= 11 is 0. The lowest BCUT2D eigenvalue weighted by molar-refractivity contribution is 0.0845. The van der Waals surface area contributed by atoms with Gasteiger partial charge in [-0.2, -0.15) is 5.10 Å². The van der Waals surface area contributed by atoms with E-state index in [1.807, 2.05) is 49.4 Å². The van der Waals surface area contributed by atoms with Crippen molar-refractivity contribution >= 4 is 16.7 Å². The molecule has 0 unspecified atom stereocenters. The van der Waals surface area contributed by atoms with Gasteiger partial charge in [0.25, 0.3) is 5.91 Å². The Kier molecular flexibility index (Phi) is 6.47. The summed E-state index contributed by atoms with van der Waals surface area (Å²) in [7, 11) is 0. The van der Waals surface area contributed by atoms with Crippen LogP contribution >= 0.6 is 0 Å². The van der Waals surface area contributed by atoms with Crippen molar-refractivity contribution in [1.29, 1.82) is 0 Å². The van der Waals surface area contributed by atoms with E-state index >= 15 is 0 Å². The van der Waals surface area contributed by atoms with E-state index < -0.39 is 6.10 Å². The van der Waals surface area contributed by atoms with E-state index in [2.05, 4.69) is 10.4 Å². The molecule has 7 heteroatoms. The van der Waals surface area contributed by atoms with Gasteiger partial charge in [0.05, 0.1) is 23.1 Å². The third kappa shape index (κ3) is 4.63. The lowest BCUT2D eigenvalue weighted by Crippen LogP contribution is -2.35. The van der Waals surface area contributed by atoms with E-state index in [1.165, 1.54) is 18.3 Å². The van der Waals surface area contributed by atoms with Crippen molar-refractivity contribution in [3.63, 3.8) is 0 Å². The molecule has 0 radical (unpaired) electrons. The minimum absolute atomic E-state index is 0.0362. The van der Waals surface area contributed by atoms with Crippen LogP contribution in [0, 0.1) is 5.82 Å². The molecule has 1 amide bonds. The quantitative estimate of drug-likeness (QED) is 0.442. The fourth-order valence-corrected chi connectivity index (χ4v) is 3.58. The molecule has 0 saturated heterocycles. The number of halogens is 1. The summed E-state index contributed by atoms with van der Waals surface area (Å²) in [6.45, 7) is 2.00. The maximum atomic E-state index is 13.2. The highest BCUT2D eigenvalue weighted by Gasteiger charge is 2.18. The number of nitrogens with zero attached hydrogens (tertiary/aromatic N) is 2. The Balaban J connectivity index is 1.37. The van der Waals surface area contributed by atoms with E-state index in [0.29, 0.717) is 29.1 Å². The molecule has 0 aliphatic carbocycles. The van der Waals surface area contributed by atoms with Crippen LogP contribution in [-0.2, 0) is 6.42 Å². The molecule has 6 nitrogen and oxygen atoms in total. The summed E-state index contributed by atoms with van der Waals surface area (Å²) in [5.74, 6) is 0.0124. The Bertz CT molecular complexity index is 1220. The number of aliphatic hydroxyl groups excluding tert-OH is 1. The fraction of sp³-hybridized carbons (Fsp3) is 0.200. The number of rotatable bonds is 8. The second-order valence-electron chi connectivity index (χ2n) is 7.40.